The van der Waals surface area contributed by atoms with E-state index in [1.807, 2.05) is 60.6 Å². The molecule has 536 valence electrons. The predicted octanol–water partition coefficient (Wildman–Crippen LogP) is 5.20. The van der Waals surface area contributed by atoms with Gasteiger partial charge in [0.05, 0.1) is 13.0 Å². The van der Waals surface area contributed by atoms with Crippen LogP contribution in [-0.2, 0) is 70.4 Å². The van der Waals surface area contributed by atoms with Crippen LogP contribution < -0.4 is 21.3 Å². The van der Waals surface area contributed by atoms with E-state index in [-0.39, 0.29) is 56.9 Å². The zero-order valence-corrected chi connectivity index (χ0v) is 62.9. The minimum Gasteiger partial charge on any atom is -0.342 e. The number of fused-ring (bicyclic) bond motifs is 1. The number of likely N-dealkylation sites (tertiary alicyclic amines) is 1. The Labute approximate surface area is 592 Å². The first kappa shape index (κ1) is 80.5. The molecule has 0 spiro atoms. The largest absolute Gasteiger partial charge is 0.342 e. The number of hydrogen-bond acceptors (Lipinski definition) is 12. The molecule has 3 fully saturated rings. The summed E-state index contributed by atoms with van der Waals surface area (Å²) in [4.78, 5) is 189. The minimum atomic E-state index is -1.72. The molecule has 4 N–H and O–H groups in total. The Balaban J connectivity index is 1.65. The van der Waals surface area contributed by atoms with Gasteiger partial charge in [-0.05, 0) is 155 Å². The maximum absolute atomic E-state index is 15.2. The molecule has 26 heteroatoms. The summed E-state index contributed by atoms with van der Waals surface area (Å²) in [7, 11) is 8.51. The first-order chi connectivity index (χ1) is 45.4. The van der Waals surface area contributed by atoms with E-state index in [9.17, 15) is 47.9 Å². The van der Waals surface area contributed by atoms with Crippen LogP contribution in [0.1, 0.15) is 145 Å². The number of rotatable bonds is 13. The van der Waals surface area contributed by atoms with Gasteiger partial charge in [-0.1, -0.05) is 95.5 Å². The average molecular weight is 1480 g/mol. The molecule has 3 aliphatic heterocycles. The Hall–Kier alpha value is -7.16. The normalized spacial score (nSPS) is 25.5. The smallest absolute Gasteiger partial charge is 0.246 e. The summed E-state index contributed by atoms with van der Waals surface area (Å²) in [5.74, 6) is -8.77. The van der Waals surface area contributed by atoms with Gasteiger partial charge in [-0.25, -0.2) is 0 Å². The topological polar surface area (TPSA) is 279 Å². The molecular formula is C71H106ClIN12O12. The highest BCUT2D eigenvalue weighted by atomic mass is 127. The van der Waals surface area contributed by atoms with Gasteiger partial charge in [0.25, 0.3) is 0 Å². The molecule has 2 aromatic carbocycles. The average Bonchev–Trinajstić information content (AvgIpc) is 0.787. The lowest BCUT2D eigenvalue weighted by atomic mass is 9.94. The molecule has 0 saturated carbocycles. The Bertz CT molecular complexity index is 3210. The fraction of sp³-hybridized carbons (Fsp3) is 0.634. The van der Waals surface area contributed by atoms with E-state index in [0.717, 1.165) is 20.5 Å². The van der Waals surface area contributed by atoms with E-state index in [0.29, 0.717) is 48.5 Å². The molecule has 5 rings (SSSR count). The van der Waals surface area contributed by atoms with Crippen LogP contribution in [0.3, 0.4) is 0 Å². The van der Waals surface area contributed by atoms with Gasteiger partial charge >= 0.3 is 0 Å². The number of allylic oxidation sites excluding steroid dienone is 1. The van der Waals surface area contributed by atoms with Crippen LogP contribution in [0.25, 0.3) is 0 Å². The lowest BCUT2D eigenvalue weighted by Gasteiger charge is -2.45. The van der Waals surface area contributed by atoms with Crippen molar-refractivity contribution < 1.29 is 57.5 Å². The lowest BCUT2D eigenvalue weighted by Crippen LogP contribution is -2.65. The highest BCUT2D eigenvalue weighted by Gasteiger charge is 2.47. The van der Waals surface area contributed by atoms with Crippen molar-refractivity contribution in [2.45, 2.75) is 207 Å². The second kappa shape index (κ2) is 36.1. The van der Waals surface area contributed by atoms with E-state index in [4.69, 9.17) is 11.6 Å². The molecule has 10 atom stereocenters. The molecule has 0 aliphatic carbocycles. The molecule has 0 unspecified atom stereocenters. The van der Waals surface area contributed by atoms with E-state index in [1.165, 1.54) is 92.5 Å². The van der Waals surface area contributed by atoms with Crippen molar-refractivity contribution in [3.63, 3.8) is 0 Å². The summed E-state index contributed by atoms with van der Waals surface area (Å²) in [6.07, 6.45) is 4.15. The van der Waals surface area contributed by atoms with Crippen LogP contribution in [0.4, 0.5) is 0 Å². The number of halogens is 2. The van der Waals surface area contributed by atoms with Crippen LogP contribution in [0, 0.1) is 21.3 Å². The van der Waals surface area contributed by atoms with E-state index < -0.39 is 150 Å². The highest BCUT2D eigenvalue weighted by Crippen LogP contribution is 2.27. The van der Waals surface area contributed by atoms with Crippen LogP contribution in [0.5, 0.6) is 0 Å². The van der Waals surface area contributed by atoms with Gasteiger partial charge < -0.3 is 60.5 Å². The van der Waals surface area contributed by atoms with Crippen molar-refractivity contribution in [1.29, 1.82) is 0 Å². The van der Waals surface area contributed by atoms with Crippen molar-refractivity contribution in [3.8, 4) is 0 Å². The number of nitrogens with zero attached hydrogens (tertiary/aromatic N) is 8. The van der Waals surface area contributed by atoms with E-state index in [2.05, 4.69) is 43.9 Å². The third-order valence-electron chi connectivity index (χ3n) is 19.2. The van der Waals surface area contributed by atoms with Crippen molar-refractivity contribution in [1.82, 2.24) is 60.5 Å². The number of piperidine rings is 1. The standard InChI is InChI=1S/C71H106ClIN12O12/c1-18-45(8)60-69(96)79(13)46(9)63(90)85-34-31-54(85)67(94)82(16)56(39-47-26-28-49(72)29-27-47)66(93)78(12)41-58(86)74-52(38-48-23-22-24-50(73)37-48)61(88)75-51(30-25-42(2)3)65(92)83(17)71(10,11)70(97)76-53(35-43(4)5)64(91)81(15)57(68(95)84-32-20-19-21-33-84)40-59(87)80(14)55(36-44(6)7)62(89)77-60/h22-29,37,43-46,51-57,60H,18-21,30-36,38-41H2,1-17H3,(H,74,86)(H,75,88)(H,76,97)(H,77,89)/t45-,46-,51-,52-,53-,54-,55-,56-,57-,60-/m0/s1. The molecule has 0 aromatic heterocycles. The number of carbonyl (C=O) groups is 12. The summed E-state index contributed by atoms with van der Waals surface area (Å²) in [5.41, 5.74) is 0.363. The van der Waals surface area contributed by atoms with Gasteiger partial charge in [0, 0.05) is 83.4 Å². The van der Waals surface area contributed by atoms with Crippen molar-refractivity contribution in [3.05, 3.63) is 79.9 Å². The number of likely N-dealkylation sites (N-methyl/N-ethyl adjacent to an activating group) is 6. The molecule has 24 nitrogen and oxygen atoms in total. The van der Waals surface area contributed by atoms with Crippen LogP contribution in [0.15, 0.2) is 60.2 Å². The summed E-state index contributed by atoms with van der Waals surface area (Å²) in [6, 6.07) is 2.74. The first-order valence-electron chi connectivity index (χ1n) is 33.9. The van der Waals surface area contributed by atoms with Gasteiger partial charge in [-0.3, -0.25) is 57.5 Å². The Morgan fingerprint density at radius 3 is 1.85 bits per heavy atom. The number of benzene rings is 2. The van der Waals surface area contributed by atoms with E-state index in [1.54, 1.807) is 54.3 Å². The molecular weight excluding hydrogens is 1380 g/mol. The summed E-state index contributed by atoms with van der Waals surface area (Å²) in [6.45, 7) is 19.5. The van der Waals surface area contributed by atoms with Crippen LogP contribution in [0.2, 0.25) is 5.02 Å². The maximum atomic E-state index is 15.2. The van der Waals surface area contributed by atoms with Gasteiger partial charge in [0.2, 0.25) is 70.9 Å². The minimum absolute atomic E-state index is 0.0399. The zero-order chi connectivity index (χ0) is 72.7. The van der Waals surface area contributed by atoms with Crippen molar-refractivity contribution in [2.24, 2.45) is 17.8 Å². The molecule has 3 saturated heterocycles. The third-order valence-corrected chi connectivity index (χ3v) is 20.2. The second-order valence-corrected chi connectivity index (χ2v) is 29.9. The third kappa shape index (κ3) is 21.4. The molecule has 3 heterocycles. The van der Waals surface area contributed by atoms with Crippen LogP contribution in [-0.4, -0.2) is 238 Å². The summed E-state index contributed by atoms with van der Waals surface area (Å²) >= 11 is 8.41. The summed E-state index contributed by atoms with van der Waals surface area (Å²) in [5, 5.41) is 11.9. The SMILES string of the molecule is CC[C@H](C)[C@@H]1NC(=O)[C@H](CC(C)C)N(C)C(=O)C[C@@H](C(=O)N2CCCCC2)N(C)C(=O)[C@H](CC(C)C)NC(=O)C(C)(C)N(C)C(=O)[C@H](CC=C(C)C)NC(=O)[C@H](Cc2cccc(I)c2)NC(=O)CN(C)C(=O)[C@H](Cc2ccc(Cl)cc2)N(C)C(=O)[C@@H]2CCN2C(=O)[C@H](C)N(C)C1=O. The van der Waals surface area contributed by atoms with Gasteiger partial charge in [0.1, 0.15) is 59.9 Å². The summed E-state index contributed by atoms with van der Waals surface area (Å²) < 4.78 is 0.839. The zero-order valence-electron chi connectivity index (χ0n) is 60.0. The van der Waals surface area contributed by atoms with E-state index >= 15 is 9.59 Å². The Morgan fingerprint density at radius 1 is 0.649 bits per heavy atom. The van der Waals surface area contributed by atoms with Gasteiger partial charge in [-0.15, -0.1) is 0 Å². The second-order valence-electron chi connectivity index (χ2n) is 28.2. The van der Waals surface area contributed by atoms with Crippen molar-refractivity contribution in [2.75, 3.05) is 68.5 Å². The fourth-order valence-electron chi connectivity index (χ4n) is 12.2. The molecule has 3 aliphatic rings. The van der Waals surface area contributed by atoms with Gasteiger partial charge in [-0.2, -0.15) is 0 Å². The molecule has 0 radical (unpaired) electrons. The first-order valence-corrected chi connectivity index (χ1v) is 35.4. The van der Waals surface area contributed by atoms with Gasteiger partial charge in [0.15, 0.2) is 0 Å². The number of amides is 12. The Morgan fingerprint density at radius 2 is 1.28 bits per heavy atom. The molecule has 12 amide bonds. The lowest BCUT2D eigenvalue weighted by molar-refractivity contribution is -0.160. The highest BCUT2D eigenvalue weighted by molar-refractivity contribution is 14.1. The fourth-order valence-corrected chi connectivity index (χ4v) is 12.9. The Kier molecular flexibility index (Phi) is 29.9. The molecule has 2 aromatic rings. The molecule has 0 bridgehead atoms. The predicted molar refractivity (Wildman–Crippen MR) is 380 cm³/mol. The maximum Gasteiger partial charge on any atom is 0.246 e. The number of hydrogen-bond donors (Lipinski definition) is 4. The quantitative estimate of drug-likeness (QED) is 0.149. The monoisotopic (exact) mass is 1480 g/mol. The van der Waals surface area contributed by atoms with Crippen molar-refractivity contribution >= 4 is 105 Å². The number of nitrogens with one attached hydrogen (secondary N) is 4. The van der Waals surface area contributed by atoms with Crippen LogP contribution >= 0.6 is 34.2 Å². The number of carbonyl (C=O) groups excluding carboxylic acids is 12. The molecule has 97 heavy (non-hydrogen) atoms.